The maximum absolute atomic E-state index is 2.55. The maximum Gasteiger partial charge on any atom is 0.0567 e. The summed E-state index contributed by atoms with van der Waals surface area (Å²) < 4.78 is 5.06. The zero-order valence-electron chi connectivity index (χ0n) is 26.1. The van der Waals surface area contributed by atoms with Crippen LogP contribution in [-0.2, 0) is 6.42 Å². The fourth-order valence-corrected chi connectivity index (χ4v) is 7.92. The Balaban J connectivity index is 1.24. The van der Waals surface area contributed by atoms with Crippen LogP contribution in [0.2, 0.25) is 0 Å². The molecule has 2 atom stereocenters. The van der Waals surface area contributed by atoms with Crippen LogP contribution in [0.5, 0.6) is 0 Å². The normalized spacial score (nSPS) is 17.8. The number of rotatable bonds is 4. The van der Waals surface area contributed by atoms with E-state index in [0.29, 0.717) is 5.92 Å². The fourth-order valence-electron chi connectivity index (χ4n) is 7.92. The van der Waals surface area contributed by atoms with E-state index in [1.54, 1.807) is 0 Å². The summed E-state index contributed by atoms with van der Waals surface area (Å²) in [5, 5.41) is 3.98. The summed E-state index contributed by atoms with van der Waals surface area (Å²) in [7, 11) is 0. The van der Waals surface area contributed by atoms with Gasteiger partial charge in [0.05, 0.1) is 11.6 Å². The number of para-hydroxylation sites is 3. The van der Waals surface area contributed by atoms with Crippen LogP contribution in [0.4, 0.5) is 0 Å². The number of nitrogens with zero attached hydrogens (tertiary/aromatic N) is 2. The molecule has 0 spiro atoms. The van der Waals surface area contributed by atoms with Crippen LogP contribution >= 0.6 is 0 Å². The van der Waals surface area contributed by atoms with Crippen LogP contribution < -0.4 is 0 Å². The third kappa shape index (κ3) is 4.40. The number of allylic oxidation sites excluding steroid dienone is 5. The molecule has 0 fully saturated rings. The summed E-state index contributed by atoms with van der Waals surface area (Å²) in [4.78, 5) is 0. The first-order valence-corrected chi connectivity index (χ1v) is 16.6. The molecule has 222 valence electrons. The molecule has 2 aliphatic carbocycles. The molecule has 0 bridgehead atoms. The molecule has 0 saturated carbocycles. The average molecular weight is 593 g/mol. The van der Waals surface area contributed by atoms with Crippen molar-refractivity contribution in [2.75, 3.05) is 0 Å². The van der Waals surface area contributed by atoms with Gasteiger partial charge >= 0.3 is 0 Å². The molecule has 9 rings (SSSR count). The minimum atomic E-state index is 0.229. The van der Waals surface area contributed by atoms with Gasteiger partial charge in [-0.05, 0) is 95.5 Å². The van der Waals surface area contributed by atoms with E-state index >= 15 is 0 Å². The minimum Gasteiger partial charge on any atom is -0.333 e. The van der Waals surface area contributed by atoms with Crippen LogP contribution in [0.15, 0.2) is 146 Å². The maximum atomic E-state index is 2.55. The van der Waals surface area contributed by atoms with Gasteiger partial charge in [0.2, 0.25) is 0 Å². The van der Waals surface area contributed by atoms with Gasteiger partial charge in [0.1, 0.15) is 0 Å². The van der Waals surface area contributed by atoms with Crippen molar-refractivity contribution < 1.29 is 0 Å². The first kappa shape index (κ1) is 27.0. The van der Waals surface area contributed by atoms with Crippen LogP contribution in [-0.4, -0.2) is 9.13 Å². The first-order chi connectivity index (χ1) is 22.7. The van der Waals surface area contributed by atoms with E-state index in [2.05, 4.69) is 168 Å². The Hall–Kier alpha value is -5.34. The van der Waals surface area contributed by atoms with E-state index in [4.69, 9.17) is 0 Å². The highest BCUT2D eigenvalue weighted by Gasteiger charge is 2.26. The number of benzene rings is 5. The molecule has 0 amide bonds. The highest BCUT2D eigenvalue weighted by molar-refractivity contribution is 6.08. The number of aromatic nitrogens is 2. The average Bonchev–Trinajstić information content (AvgIpc) is 3.52. The highest BCUT2D eigenvalue weighted by Crippen LogP contribution is 2.41. The smallest absolute Gasteiger partial charge is 0.0567 e. The van der Waals surface area contributed by atoms with Crippen molar-refractivity contribution in [3.63, 3.8) is 0 Å². The van der Waals surface area contributed by atoms with Crippen LogP contribution in [0, 0.1) is 5.92 Å². The summed E-state index contributed by atoms with van der Waals surface area (Å²) in [5.74, 6) is 0.620. The van der Waals surface area contributed by atoms with E-state index in [0.717, 1.165) is 19.3 Å². The molecule has 2 heterocycles. The monoisotopic (exact) mass is 592 g/mol. The van der Waals surface area contributed by atoms with Crippen molar-refractivity contribution >= 4 is 44.4 Å². The topological polar surface area (TPSA) is 9.86 Å². The number of fused-ring (bicyclic) bond motifs is 6. The zero-order valence-corrected chi connectivity index (χ0v) is 26.1. The van der Waals surface area contributed by atoms with Gasteiger partial charge in [0.15, 0.2) is 0 Å². The van der Waals surface area contributed by atoms with Gasteiger partial charge < -0.3 is 9.13 Å². The van der Waals surface area contributed by atoms with Gasteiger partial charge in [-0.1, -0.05) is 116 Å². The van der Waals surface area contributed by atoms with Gasteiger partial charge in [-0.3, -0.25) is 0 Å². The second kappa shape index (κ2) is 10.9. The van der Waals surface area contributed by atoms with E-state index in [9.17, 15) is 0 Å². The van der Waals surface area contributed by atoms with Crippen molar-refractivity contribution in [1.82, 2.24) is 9.13 Å². The SMILES string of the molecule is CC1CC=CC=C(c2cc(-c3ccccc3)cc(-n3c4c(c5ccccc53)CC(n3c5ccccc5c5ccccc53)C=C4)c2)C1. The highest BCUT2D eigenvalue weighted by atomic mass is 15.0. The molecule has 0 aliphatic heterocycles. The Kier molecular flexibility index (Phi) is 6.41. The lowest BCUT2D eigenvalue weighted by atomic mass is 9.92. The molecule has 0 saturated heterocycles. The molecule has 2 nitrogen and oxygen atoms in total. The molecule has 2 aliphatic rings. The quantitative estimate of drug-likeness (QED) is 0.192. The van der Waals surface area contributed by atoms with E-state index in [1.165, 1.54) is 71.9 Å². The van der Waals surface area contributed by atoms with Gasteiger partial charge in [0.25, 0.3) is 0 Å². The largest absolute Gasteiger partial charge is 0.333 e. The van der Waals surface area contributed by atoms with Crippen LogP contribution in [0.1, 0.15) is 42.6 Å². The molecule has 46 heavy (non-hydrogen) atoms. The molecule has 2 unspecified atom stereocenters. The third-order valence-corrected chi connectivity index (χ3v) is 10.1. The standard InChI is InChI=1S/C44H36N2/c1-30-13-5-6-16-32(25-30)34-26-33(31-14-3-2-4-15-31)27-36(28-34)46-43-22-12-9-19-39(43)40-29-35(23-24-44(40)46)45-41-20-10-7-17-37(41)38-18-8-11-21-42(38)45/h2-12,14-24,26-28,30,35H,13,25,29H2,1H3. The Morgan fingerprint density at radius 2 is 1.26 bits per heavy atom. The van der Waals surface area contributed by atoms with E-state index < -0.39 is 0 Å². The lowest BCUT2D eigenvalue weighted by molar-refractivity contribution is 0.614. The van der Waals surface area contributed by atoms with Crippen LogP contribution in [0.3, 0.4) is 0 Å². The Bertz CT molecular complexity index is 2310. The lowest BCUT2D eigenvalue weighted by Crippen LogP contribution is -2.13. The zero-order chi connectivity index (χ0) is 30.6. The Labute approximate surface area is 270 Å². The molecular weight excluding hydrogens is 556 g/mol. The summed E-state index contributed by atoms with van der Waals surface area (Å²) in [5.41, 5.74) is 13.0. The van der Waals surface area contributed by atoms with Gasteiger partial charge in [-0.2, -0.15) is 0 Å². The molecule has 0 N–H and O–H groups in total. The minimum absolute atomic E-state index is 0.229. The number of hydrogen-bond acceptors (Lipinski definition) is 0. The van der Waals surface area contributed by atoms with E-state index in [1.807, 2.05) is 0 Å². The van der Waals surface area contributed by atoms with Crippen molar-refractivity contribution in [2.24, 2.45) is 5.92 Å². The molecule has 2 heteroatoms. The summed E-state index contributed by atoms with van der Waals surface area (Å²) in [6, 6.07) is 45.0. The second-order valence-electron chi connectivity index (χ2n) is 13.1. The first-order valence-electron chi connectivity index (χ1n) is 16.6. The molecule has 0 radical (unpaired) electrons. The van der Waals surface area contributed by atoms with Crippen molar-refractivity contribution in [3.05, 3.63) is 162 Å². The predicted octanol–water partition coefficient (Wildman–Crippen LogP) is 11.6. The Morgan fingerprint density at radius 3 is 2.02 bits per heavy atom. The van der Waals surface area contributed by atoms with Gasteiger partial charge in [-0.25, -0.2) is 0 Å². The second-order valence-corrected chi connectivity index (χ2v) is 13.1. The van der Waals surface area contributed by atoms with Crippen molar-refractivity contribution in [2.45, 2.75) is 32.2 Å². The third-order valence-electron chi connectivity index (χ3n) is 10.1. The summed E-state index contributed by atoms with van der Waals surface area (Å²) in [6.07, 6.45) is 14.9. The lowest BCUT2D eigenvalue weighted by Gasteiger charge is -2.23. The fraction of sp³-hybridized carbons (Fsp3) is 0.136. The molecule has 2 aromatic heterocycles. The number of hydrogen-bond donors (Lipinski definition) is 0. The van der Waals surface area contributed by atoms with Gasteiger partial charge in [0, 0.05) is 38.6 Å². The molecule has 7 aromatic rings. The van der Waals surface area contributed by atoms with Crippen LogP contribution in [0.25, 0.3) is 61.2 Å². The summed E-state index contributed by atoms with van der Waals surface area (Å²) >= 11 is 0. The van der Waals surface area contributed by atoms with Crippen molar-refractivity contribution in [1.29, 1.82) is 0 Å². The summed E-state index contributed by atoms with van der Waals surface area (Å²) in [6.45, 7) is 2.36. The van der Waals surface area contributed by atoms with Gasteiger partial charge in [-0.15, -0.1) is 0 Å². The predicted molar refractivity (Wildman–Crippen MR) is 195 cm³/mol. The Morgan fingerprint density at radius 1 is 0.609 bits per heavy atom. The molecular formula is C44H36N2. The van der Waals surface area contributed by atoms with E-state index in [-0.39, 0.29) is 6.04 Å². The van der Waals surface area contributed by atoms with Crippen molar-refractivity contribution in [3.8, 4) is 16.8 Å². The molecule has 5 aromatic carbocycles.